The number of rotatable bonds is 0. The minimum absolute atomic E-state index is 0.644. The number of azo groups is 1. The second kappa shape index (κ2) is 1.51. The Hall–Kier alpha value is -0.183. The molecule has 6 heavy (non-hydrogen) atoms. The molecule has 1 aliphatic heterocycles. The van der Waals surface area contributed by atoms with Gasteiger partial charge in [-0.05, 0) is 6.42 Å². The van der Waals surface area contributed by atoms with E-state index >= 15 is 0 Å². The highest BCUT2D eigenvalue weighted by molar-refractivity contribution is 6.11. The summed E-state index contributed by atoms with van der Waals surface area (Å²) in [6, 6.07) is 0. The van der Waals surface area contributed by atoms with Crippen LogP contribution in [-0.2, 0) is 0 Å². The maximum atomic E-state index is 3.92. The van der Waals surface area contributed by atoms with E-state index in [0.717, 1.165) is 6.54 Å². The van der Waals surface area contributed by atoms with Crippen molar-refractivity contribution < 1.29 is 0 Å². The number of nitrogens with zero attached hydrogens (tertiary/aromatic N) is 2. The summed E-state index contributed by atoms with van der Waals surface area (Å²) in [5.41, 5.74) is 0.644. The maximum Gasteiger partial charge on any atom is 0.0616 e. The fraction of sp³-hybridized carbons (Fsp3) is 1.00. The summed E-state index contributed by atoms with van der Waals surface area (Å²) >= 11 is 0. The summed E-state index contributed by atoms with van der Waals surface area (Å²) in [5, 5.41) is 7.75. The van der Waals surface area contributed by atoms with Gasteiger partial charge in [0.05, 0.1) is 12.2 Å². The Labute approximate surface area is 40.1 Å². The first kappa shape index (κ1) is 3.99. The third-order valence-corrected chi connectivity index (χ3v) is 1.73. The predicted octanol–water partition coefficient (Wildman–Crippen LogP) is -0.466. The lowest BCUT2D eigenvalue weighted by molar-refractivity contribution is 0.910. The molecule has 1 unspecified atom stereocenters. The Balaban J connectivity index is 2.38. The molecule has 0 aliphatic carbocycles. The second-order valence-corrected chi connectivity index (χ2v) is 2.95. The van der Waals surface area contributed by atoms with Gasteiger partial charge in [0.2, 0.25) is 0 Å². The smallest absolute Gasteiger partial charge is 0.0616 e. The highest BCUT2D eigenvalue weighted by Gasteiger charge is 2.01. The third kappa shape index (κ3) is 0.652. The lowest BCUT2D eigenvalue weighted by atomic mass is 10.5. The summed E-state index contributed by atoms with van der Waals surface area (Å²) < 4.78 is 0. The van der Waals surface area contributed by atoms with Crippen molar-refractivity contribution in [2.24, 2.45) is 10.2 Å². The molecule has 0 aromatic carbocycles. The molecule has 0 N–H and O–H groups in total. The van der Waals surface area contributed by atoms with Gasteiger partial charge in [-0.2, -0.15) is 10.2 Å². The molecule has 1 heterocycles. The highest BCUT2D eigenvalue weighted by atomic mass is 28.1. The Bertz CT molecular complexity index is 71.2. The normalized spacial score (nSPS) is 32.3. The molecule has 0 spiro atoms. The van der Waals surface area contributed by atoms with E-state index in [-0.39, 0.29) is 0 Å². The molecule has 34 valence electrons. The summed E-state index contributed by atoms with van der Waals surface area (Å²) in [6.07, 6.45) is 1.21. The molecular formula is C3H8N2Si. The van der Waals surface area contributed by atoms with Gasteiger partial charge < -0.3 is 0 Å². The second-order valence-electron chi connectivity index (χ2n) is 1.62. The van der Waals surface area contributed by atoms with E-state index in [1.165, 1.54) is 16.7 Å². The van der Waals surface area contributed by atoms with Crippen LogP contribution in [0.1, 0.15) is 6.42 Å². The van der Waals surface area contributed by atoms with Crippen LogP contribution in [0.3, 0.4) is 0 Å². The highest BCUT2D eigenvalue weighted by Crippen LogP contribution is 2.01. The molecule has 0 fully saturated rings. The molecule has 2 nitrogen and oxygen atoms in total. The van der Waals surface area contributed by atoms with Crippen molar-refractivity contribution >= 4 is 10.2 Å². The van der Waals surface area contributed by atoms with E-state index < -0.39 is 0 Å². The van der Waals surface area contributed by atoms with E-state index in [9.17, 15) is 0 Å². The Morgan fingerprint density at radius 3 is 2.67 bits per heavy atom. The van der Waals surface area contributed by atoms with Crippen LogP contribution in [-0.4, -0.2) is 22.5 Å². The zero-order valence-corrected chi connectivity index (χ0v) is 5.89. The molecule has 0 radical (unpaired) electrons. The van der Waals surface area contributed by atoms with Gasteiger partial charge in [0.15, 0.2) is 0 Å². The molecule has 3 heteroatoms. The fourth-order valence-corrected chi connectivity index (χ4v) is 0.921. The largest absolute Gasteiger partial charge is 0.195 e. The van der Waals surface area contributed by atoms with Gasteiger partial charge in [-0.25, -0.2) is 0 Å². The zero-order chi connectivity index (χ0) is 4.41. The van der Waals surface area contributed by atoms with Crippen LogP contribution in [0.15, 0.2) is 10.2 Å². The third-order valence-electron chi connectivity index (χ3n) is 0.926. The summed E-state index contributed by atoms with van der Waals surface area (Å²) in [7, 11) is 1.19. The van der Waals surface area contributed by atoms with Crippen LogP contribution >= 0.6 is 0 Å². The molecule has 0 saturated heterocycles. The number of hydrogen-bond donors (Lipinski definition) is 0. The average molecular weight is 100 g/mol. The van der Waals surface area contributed by atoms with Crippen molar-refractivity contribution in [3.8, 4) is 0 Å². The van der Waals surface area contributed by atoms with Gasteiger partial charge in [-0.1, -0.05) is 0 Å². The maximum absolute atomic E-state index is 3.92. The molecule has 1 rings (SSSR count). The average Bonchev–Trinajstić information content (AvgIpc) is 1.86. The van der Waals surface area contributed by atoms with Crippen molar-refractivity contribution in [2.45, 2.75) is 12.1 Å². The standard InChI is InChI=1S/C3H8N2Si/c6-3-1-2-4-5-3/h3H,1-2H2,6H3. The molecule has 0 aromatic rings. The van der Waals surface area contributed by atoms with Crippen LogP contribution < -0.4 is 0 Å². The van der Waals surface area contributed by atoms with Gasteiger partial charge in [0.1, 0.15) is 0 Å². The van der Waals surface area contributed by atoms with Crippen LogP contribution in [0, 0.1) is 0 Å². The van der Waals surface area contributed by atoms with Crippen LogP contribution in [0.2, 0.25) is 0 Å². The first-order valence-corrected chi connectivity index (χ1v) is 3.41. The zero-order valence-electron chi connectivity index (χ0n) is 3.89. The molecule has 0 saturated carbocycles. The van der Waals surface area contributed by atoms with E-state index in [2.05, 4.69) is 10.2 Å². The van der Waals surface area contributed by atoms with Gasteiger partial charge in [-0.3, -0.25) is 0 Å². The molecular weight excluding hydrogens is 92.1 g/mol. The Kier molecular flexibility index (Phi) is 1.00. The van der Waals surface area contributed by atoms with E-state index in [1.54, 1.807) is 0 Å². The van der Waals surface area contributed by atoms with Gasteiger partial charge in [0.25, 0.3) is 0 Å². The van der Waals surface area contributed by atoms with Crippen molar-refractivity contribution in [1.29, 1.82) is 0 Å². The van der Waals surface area contributed by atoms with Gasteiger partial charge in [-0.15, -0.1) is 0 Å². The predicted molar refractivity (Wildman–Crippen MR) is 28.1 cm³/mol. The summed E-state index contributed by atoms with van der Waals surface area (Å²) in [5.74, 6) is 0. The lowest BCUT2D eigenvalue weighted by Gasteiger charge is -1.85. The van der Waals surface area contributed by atoms with Crippen molar-refractivity contribution in [3.05, 3.63) is 0 Å². The SMILES string of the molecule is [SiH3]C1CCN=N1. The van der Waals surface area contributed by atoms with E-state index in [4.69, 9.17) is 0 Å². The van der Waals surface area contributed by atoms with Gasteiger partial charge >= 0.3 is 0 Å². The molecule has 1 aliphatic rings. The molecule has 0 amide bonds. The van der Waals surface area contributed by atoms with Crippen LogP contribution in [0.5, 0.6) is 0 Å². The monoisotopic (exact) mass is 100 g/mol. The first-order valence-electron chi connectivity index (χ1n) is 2.26. The minimum Gasteiger partial charge on any atom is -0.195 e. The summed E-state index contributed by atoms with van der Waals surface area (Å²) in [6.45, 7) is 0.980. The van der Waals surface area contributed by atoms with Crippen LogP contribution in [0.4, 0.5) is 0 Å². The lowest BCUT2D eigenvalue weighted by Crippen LogP contribution is -1.96. The van der Waals surface area contributed by atoms with E-state index in [0.29, 0.717) is 5.67 Å². The molecule has 1 atom stereocenters. The minimum atomic E-state index is 0.644. The first-order chi connectivity index (χ1) is 2.89. The van der Waals surface area contributed by atoms with Crippen LogP contribution in [0.25, 0.3) is 0 Å². The Morgan fingerprint density at radius 1 is 1.67 bits per heavy atom. The van der Waals surface area contributed by atoms with Crippen molar-refractivity contribution in [2.75, 3.05) is 6.54 Å². The quantitative estimate of drug-likeness (QED) is 0.368. The molecule has 0 aromatic heterocycles. The van der Waals surface area contributed by atoms with Crippen molar-refractivity contribution in [1.82, 2.24) is 0 Å². The summed E-state index contributed by atoms with van der Waals surface area (Å²) in [4.78, 5) is 0. The van der Waals surface area contributed by atoms with Gasteiger partial charge in [0, 0.05) is 10.2 Å². The van der Waals surface area contributed by atoms with E-state index in [1.807, 2.05) is 0 Å². The fourth-order valence-electron chi connectivity index (χ4n) is 0.499. The molecule has 0 bridgehead atoms. The van der Waals surface area contributed by atoms with Crippen molar-refractivity contribution in [3.63, 3.8) is 0 Å². The topological polar surface area (TPSA) is 24.7 Å². The number of hydrogen-bond acceptors (Lipinski definition) is 2. The Morgan fingerprint density at radius 2 is 2.50 bits per heavy atom.